The second-order valence-corrected chi connectivity index (χ2v) is 4.86. The third-order valence-electron chi connectivity index (χ3n) is 2.83. The summed E-state index contributed by atoms with van der Waals surface area (Å²) in [6.45, 7) is 1.74. The lowest BCUT2D eigenvalue weighted by Crippen LogP contribution is -2.19. The fourth-order valence-corrected chi connectivity index (χ4v) is 1.89. The molecule has 0 aromatic heterocycles. The number of phenols is 1. The molecule has 0 aliphatic carbocycles. The fourth-order valence-electron chi connectivity index (χ4n) is 1.71. The third-order valence-corrected chi connectivity index (χ3v) is 3.07. The van der Waals surface area contributed by atoms with Gasteiger partial charge in [-0.25, -0.2) is 5.43 Å². The molecule has 0 bridgehead atoms. The quantitative estimate of drug-likeness (QED) is 0.463. The first kappa shape index (κ1) is 14.9. The highest BCUT2D eigenvalue weighted by Gasteiger charge is 2.11. The van der Waals surface area contributed by atoms with Crippen molar-refractivity contribution >= 4 is 28.9 Å². The molecule has 0 spiro atoms. The number of nitrogens with zero attached hydrogens (tertiary/aromatic N) is 1. The maximum atomic E-state index is 12.0. The Morgan fingerprint density at radius 2 is 2.05 bits per heavy atom. The van der Waals surface area contributed by atoms with Crippen LogP contribution >= 0.6 is 11.6 Å². The number of aromatic hydroxyl groups is 1. The Morgan fingerprint density at radius 3 is 2.76 bits per heavy atom. The van der Waals surface area contributed by atoms with Crippen LogP contribution in [0.25, 0.3) is 0 Å². The Morgan fingerprint density at radius 1 is 1.29 bits per heavy atom. The summed E-state index contributed by atoms with van der Waals surface area (Å²) in [7, 11) is 0. The van der Waals surface area contributed by atoms with Crippen LogP contribution in [0.3, 0.4) is 0 Å². The van der Waals surface area contributed by atoms with E-state index in [0.717, 1.165) is 5.56 Å². The van der Waals surface area contributed by atoms with Gasteiger partial charge < -0.3 is 10.8 Å². The number of nitrogens with one attached hydrogen (secondary N) is 1. The molecule has 108 valence electrons. The number of amides is 1. The summed E-state index contributed by atoms with van der Waals surface area (Å²) >= 11 is 5.80. The molecule has 0 atom stereocenters. The molecule has 1 amide bonds. The minimum Gasteiger partial charge on any atom is -0.507 e. The molecule has 0 aliphatic heterocycles. The number of hydrogen-bond donors (Lipinski definition) is 3. The van der Waals surface area contributed by atoms with Crippen molar-refractivity contribution in [1.29, 1.82) is 0 Å². The van der Waals surface area contributed by atoms with Gasteiger partial charge in [-0.2, -0.15) is 5.10 Å². The van der Waals surface area contributed by atoms with Crippen molar-refractivity contribution < 1.29 is 9.90 Å². The largest absolute Gasteiger partial charge is 0.507 e. The zero-order valence-electron chi connectivity index (χ0n) is 11.3. The Kier molecular flexibility index (Phi) is 4.45. The van der Waals surface area contributed by atoms with Gasteiger partial charge in [0.05, 0.1) is 11.3 Å². The molecular formula is C15H14ClN3O2. The first-order valence-corrected chi connectivity index (χ1v) is 6.54. The fraction of sp³-hybridized carbons (Fsp3) is 0.0667. The number of rotatable bonds is 3. The SMILES string of the molecule is C/C(=N\NC(=O)c1cc(Cl)ccc1O)c1cccc(N)c1. The topological polar surface area (TPSA) is 87.7 Å². The second kappa shape index (κ2) is 6.28. The van der Waals surface area contributed by atoms with Crippen molar-refractivity contribution in [2.45, 2.75) is 6.92 Å². The number of nitrogen functional groups attached to an aromatic ring is 1. The van der Waals surface area contributed by atoms with E-state index in [0.29, 0.717) is 16.4 Å². The molecule has 0 fully saturated rings. The van der Waals surface area contributed by atoms with Gasteiger partial charge in [-0.05, 0) is 42.8 Å². The highest BCUT2D eigenvalue weighted by atomic mass is 35.5. The van der Waals surface area contributed by atoms with E-state index >= 15 is 0 Å². The Balaban J connectivity index is 2.16. The van der Waals surface area contributed by atoms with Crippen molar-refractivity contribution in [3.05, 3.63) is 58.6 Å². The predicted octanol–water partition coefficient (Wildman–Crippen LogP) is 2.78. The van der Waals surface area contributed by atoms with Crippen LogP contribution in [0.5, 0.6) is 5.75 Å². The number of benzene rings is 2. The lowest BCUT2D eigenvalue weighted by Gasteiger charge is -2.05. The molecule has 2 rings (SSSR count). The first-order valence-electron chi connectivity index (χ1n) is 6.16. The Hall–Kier alpha value is -2.53. The minimum absolute atomic E-state index is 0.0617. The number of phenolic OH excluding ortho intramolecular Hbond substituents is 1. The monoisotopic (exact) mass is 303 g/mol. The van der Waals surface area contributed by atoms with Crippen LogP contribution in [0.2, 0.25) is 5.02 Å². The zero-order chi connectivity index (χ0) is 15.4. The van der Waals surface area contributed by atoms with Crippen LogP contribution in [0.1, 0.15) is 22.8 Å². The summed E-state index contributed by atoms with van der Waals surface area (Å²) in [5.74, 6) is -0.702. The first-order chi connectivity index (χ1) is 9.97. The summed E-state index contributed by atoms with van der Waals surface area (Å²) in [6, 6.07) is 11.4. The van der Waals surface area contributed by atoms with Crippen LogP contribution in [-0.2, 0) is 0 Å². The van der Waals surface area contributed by atoms with Gasteiger partial charge in [-0.15, -0.1) is 0 Å². The van der Waals surface area contributed by atoms with E-state index in [4.69, 9.17) is 17.3 Å². The molecular weight excluding hydrogens is 290 g/mol. The zero-order valence-corrected chi connectivity index (χ0v) is 12.1. The molecule has 21 heavy (non-hydrogen) atoms. The second-order valence-electron chi connectivity index (χ2n) is 4.43. The van der Waals surface area contributed by atoms with Gasteiger partial charge >= 0.3 is 0 Å². The van der Waals surface area contributed by atoms with Gasteiger partial charge in [-0.3, -0.25) is 4.79 Å². The van der Waals surface area contributed by atoms with Gasteiger partial charge in [0, 0.05) is 10.7 Å². The third kappa shape index (κ3) is 3.73. The molecule has 6 heteroatoms. The molecule has 0 saturated heterocycles. The van der Waals surface area contributed by atoms with Crippen molar-refractivity contribution in [2.24, 2.45) is 5.10 Å². The van der Waals surface area contributed by atoms with Crippen molar-refractivity contribution in [3.63, 3.8) is 0 Å². The van der Waals surface area contributed by atoms with Gasteiger partial charge in [-0.1, -0.05) is 23.7 Å². The molecule has 0 saturated carbocycles. The smallest absolute Gasteiger partial charge is 0.275 e. The summed E-state index contributed by atoms with van der Waals surface area (Å²) in [5.41, 5.74) is 10.1. The summed E-state index contributed by atoms with van der Waals surface area (Å²) in [6.07, 6.45) is 0. The standard InChI is InChI=1S/C15H14ClN3O2/c1-9(10-3-2-4-12(17)7-10)18-19-15(21)13-8-11(16)5-6-14(13)20/h2-8,20H,17H2,1H3,(H,19,21)/b18-9+. The van der Waals surface area contributed by atoms with Crippen LogP contribution in [0.15, 0.2) is 47.6 Å². The van der Waals surface area contributed by atoms with E-state index in [1.807, 2.05) is 6.07 Å². The van der Waals surface area contributed by atoms with Crippen molar-refractivity contribution in [1.82, 2.24) is 5.43 Å². The molecule has 0 heterocycles. The van der Waals surface area contributed by atoms with E-state index in [9.17, 15) is 9.90 Å². The number of nitrogens with two attached hydrogens (primary N) is 1. The number of anilines is 1. The van der Waals surface area contributed by atoms with E-state index in [2.05, 4.69) is 10.5 Å². The van der Waals surface area contributed by atoms with Gasteiger partial charge in [0.15, 0.2) is 0 Å². The highest BCUT2D eigenvalue weighted by molar-refractivity contribution is 6.31. The van der Waals surface area contributed by atoms with E-state index in [-0.39, 0.29) is 11.3 Å². The molecule has 2 aromatic rings. The Labute approximate surface area is 127 Å². The highest BCUT2D eigenvalue weighted by Crippen LogP contribution is 2.21. The van der Waals surface area contributed by atoms with Crippen LogP contribution in [0, 0.1) is 0 Å². The minimum atomic E-state index is -0.543. The van der Waals surface area contributed by atoms with E-state index in [1.165, 1.54) is 18.2 Å². The van der Waals surface area contributed by atoms with Gasteiger partial charge in [0.25, 0.3) is 5.91 Å². The average molecular weight is 304 g/mol. The summed E-state index contributed by atoms with van der Waals surface area (Å²) in [4.78, 5) is 12.0. The van der Waals surface area contributed by atoms with E-state index in [1.54, 1.807) is 25.1 Å². The maximum absolute atomic E-state index is 12.0. The lowest BCUT2D eigenvalue weighted by atomic mass is 10.1. The number of hydrazone groups is 1. The average Bonchev–Trinajstić information content (AvgIpc) is 2.47. The lowest BCUT2D eigenvalue weighted by molar-refractivity contribution is 0.0952. The number of halogens is 1. The number of carbonyl (C=O) groups is 1. The number of carbonyl (C=O) groups excluding carboxylic acids is 1. The van der Waals surface area contributed by atoms with Crippen LogP contribution < -0.4 is 11.2 Å². The summed E-state index contributed by atoms with van der Waals surface area (Å²) in [5, 5.41) is 14.0. The Bertz CT molecular complexity index is 714. The molecule has 2 aromatic carbocycles. The molecule has 4 N–H and O–H groups in total. The molecule has 0 unspecified atom stereocenters. The summed E-state index contributed by atoms with van der Waals surface area (Å²) < 4.78 is 0. The van der Waals surface area contributed by atoms with Crippen molar-refractivity contribution in [3.8, 4) is 5.75 Å². The van der Waals surface area contributed by atoms with Crippen LogP contribution in [-0.4, -0.2) is 16.7 Å². The van der Waals surface area contributed by atoms with Crippen LogP contribution in [0.4, 0.5) is 5.69 Å². The molecule has 5 nitrogen and oxygen atoms in total. The molecule has 0 aliphatic rings. The van der Waals surface area contributed by atoms with E-state index < -0.39 is 5.91 Å². The number of hydrogen-bond acceptors (Lipinski definition) is 4. The van der Waals surface area contributed by atoms with Gasteiger partial charge in [0.2, 0.25) is 0 Å². The van der Waals surface area contributed by atoms with Gasteiger partial charge in [0.1, 0.15) is 5.75 Å². The normalized spacial score (nSPS) is 11.2. The van der Waals surface area contributed by atoms with Crippen molar-refractivity contribution in [2.75, 3.05) is 5.73 Å². The predicted molar refractivity (Wildman–Crippen MR) is 83.6 cm³/mol. The maximum Gasteiger partial charge on any atom is 0.275 e. The molecule has 0 radical (unpaired) electrons.